The largest absolute Gasteiger partial charge is 0.508 e. The van der Waals surface area contributed by atoms with E-state index in [1.165, 1.54) is 36.4 Å². The number of aliphatic hydroxyl groups excluding tert-OH is 1. The highest BCUT2D eigenvalue weighted by Gasteiger charge is 2.36. The van der Waals surface area contributed by atoms with E-state index in [0.29, 0.717) is 23.1 Å². The highest BCUT2D eigenvalue weighted by atomic mass is 16.6. The molecule has 0 spiro atoms. The summed E-state index contributed by atoms with van der Waals surface area (Å²) in [4.78, 5) is 12.7. The van der Waals surface area contributed by atoms with E-state index in [-0.39, 0.29) is 53.8 Å². The van der Waals surface area contributed by atoms with Crippen LogP contribution in [-0.4, -0.2) is 53.9 Å². The van der Waals surface area contributed by atoms with Crippen LogP contribution in [0.25, 0.3) is 0 Å². The zero-order valence-corrected chi connectivity index (χ0v) is 19.0. The molecule has 0 fully saturated rings. The average Bonchev–Trinajstić information content (AvgIpc) is 2.81. The van der Waals surface area contributed by atoms with Crippen LogP contribution < -0.4 is 4.74 Å². The van der Waals surface area contributed by atoms with Crippen LogP contribution in [0.4, 0.5) is 0 Å². The van der Waals surface area contributed by atoms with Crippen molar-refractivity contribution in [2.75, 3.05) is 0 Å². The van der Waals surface area contributed by atoms with E-state index in [4.69, 9.17) is 9.47 Å². The molecule has 1 aliphatic heterocycles. The number of phenols is 6. The van der Waals surface area contributed by atoms with Crippen LogP contribution in [0.3, 0.4) is 0 Å². The van der Waals surface area contributed by atoms with Gasteiger partial charge >= 0.3 is 5.97 Å². The average molecular weight is 498 g/mol. The Hall–Kier alpha value is -4.31. The molecule has 3 aromatic rings. The number of esters is 1. The van der Waals surface area contributed by atoms with E-state index in [9.17, 15) is 40.5 Å². The smallest absolute Gasteiger partial charge is 0.308 e. The Kier molecular flexibility index (Phi) is 6.98. The van der Waals surface area contributed by atoms with Crippen LogP contribution in [-0.2, 0) is 22.4 Å². The predicted octanol–water partition coefficient (Wildman–Crippen LogP) is 2.89. The Morgan fingerprint density at radius 1 is 0.889 bits per heavy atom. The highest BCUT2D eigenvalue weighted by Crippen LogP contribution is 2.44. The Morgan fingerprint density at radius 2 is 1.58 bits per heavy atom. The van der Waals surface area contributed by atoms with E-state index in [1.54, 1.807) is 6.07 Å². The van der Waals surface area contributed by atoms with Crippen molar-refractivity contribution in [3.8, 4) is 40.2 Å². The number of carbonyl (C=O) groups is 1. The third-order valence-electron chi connectivity index (χ3n) is 5.99. The molecule has 0 saturated heterocycles. The molecular weight excluding hydrogens is 472 g/mol. The number of benzene rings is 3. The molecule has 3 aromatic carbocycles. The molecule has 7 N–H and O–H groups in total. The van der Waals surface area contributed by atoms with Crippen LogP contribution in [0.5, 0.6) is 40.2 Å². The fourth-order valence-corrected chi connectivity index (χ4v) is 4.12. The minimum Gasteiger partial charge on any atom is -0.508 e. The van der Waals surface area contributed by atoms with Crippen molar-refractivity contribution in [3.63, 3.8) is 0 Å². The first-order chi connectivity index (χ1) is 17.1. The maximum absolute atomic E-state index is 12.7. The van der Waals surface area contributed by atoms with Gasteiger partial charge in [-0.25, -0.2) is 0 Å². The topological polar surface area (TPSA) is 177 Å². The van der Waals surface area contributed by atoms with Crippen molar-refractivity contribution in [1.82, 2.24) is 0 Å². The molecule has 1 unspecified atom stereocenters. The van der Waals surface area contributed by atoms with Crippen LogP contribution in [0.1, 0.15) is 35.6 Å². The summed E-state index contributed by atoms with van der Waals surface area (Å²) in [5, 5.41) is 69.0. The van der Waals surface area contributed by atoms with E-state index >= 15 is 0 Å². The van der Waals surface area contributed by atoms with Crippen LogP contribution in [0, 0.1) is 0 Å². The predicted molar refractivity (Wildman–Crippen MR) is 125 cm³/mol. The van der Waals surface area contributed by atoms with Gasteiger partial charge in [-0.15, -0.1) is 0 Å². The molecule has 10 heteroatoms. The number of hydrogen-bond acceptors (Lipinski definition) is 10. The molecule has 0 aromatic heterocycles. The second-order valence-electron chi connectivity index (χ2n) is 8.68. The summed E-state index contributed by atoms with van der Waals surface area (Å²) in [5.41, 5.74) is 1.36. The van der Waals surface area contributed by atoms with Crippen molar-refractivity contribution in [1.29, 1.82) is 0 Å². The van der Waals surface area contributed by atoms with Crippen LogP contribution in [0.15, 0.2) is 48.5 Å². The van der Waals surface area contributed by atoms with E-state index in [0.717, 1.165) is 6.07 Å². The third-order valence-corrected chi connectivity index (χ3v) is 5.99. The molecular formula is C26H26O10. The van der Waals surface area contributed by atoms with E-state index < -0.39 is 30.0 Å². The molecule has 0 amide bonds. The molecule has 0 saturated carbocycles. The lowest BCUT2D eigenvalue weighted by atomic mass is 9.93. The Bertz CT molecular complexity index is 1270. The maximum atomic E-state index is 12.7. The third kappa shape index (κ3) is 5.49. The van der Waals surface area contributed by atoms with Crippen molar-refractivity contribution >= 4 is 5.97 Å². The normalized spacial score (nSPS) is 17.6. The number of carbonyl (C=O) groups excluding carboxylic acids is 1. The molecule has 0 radical (unpaired) electrons. The number of phenolic OH excluding ortho intramolecular Hbond substituents is 6. The number of aryl methyl sites for hydroxylation is 1. The second kappa shape index (κ2) is 10.1. The van der Waals surface area contributed by atoms with Gasteiger partial charge in [0, 0.05) is 29.7 Å². The van der Waals surface area contributed by atoms with Gasteiger partial charge in [-0.2, -0.15) is 0 Å². The summed E-state index contributed by atoms with van der Waals surface area (Å²) >= 11 is 0. The van der Waals surface area contributed by atoms with Crippen molar-refractivity contribution in [2.24, 2.45) is 0 Å². The minimum absolute atomic E-state index is 0.0301. The van der Waals surface area contributed by atoms with Crippen molar-refractivity contribution < 1.29 is 50.0 Å². The molecule has 10 nitrogen and oxygen atoms in total. The number of hydrogen-bond donors (Lipinski definition) is 7. The number of rotatable bonds is 7. The Morgan fingerprint density at radius 3 is 2.28 bits per heavy atom. The van der Waals surface area contributed by atoms with Gasteiger partial charge in [0.25, 0.3) is 0 Å². The Labute approximate surface area is 205 Å². The molecule has 0 aliphatic carbocycles. The lowest BCUT2D eigenvalue weighted by Gasteiger charge is -2.34. The van der Waals surface area contributed by atoms with Crippen molar-refractivity contribution in [2.45, 2.75) is 44.0 Å². The quantitative estimate of drug-likeness (QED) is 0.189. The molecule has 190 valence electrons. The second-order valence-corrected chi connectivity index (χ2v) is 8.68. The summed E-state index contributed by atoms with van der Waals surface area (Å²) in [6.07, 6.45) is -2.71. The first-order valence-corrected chi connectivity index (χ1v) is 11.2. The van der Waals surface area contributed by atoms with E-state index in [1.807, 2.05) is 0 Å². The zero-order chi connectivity index (χ0) is 26.0. The number of aliphatic hydroxyl groups is 1. The van der Waals surface area contributed by atoms with Gasteiger partial charge in [-0.3, -0.25) is 4.79 Å². The monoisotopic (exact) mass is 498 g/mol. The molecule has 0 bridgehead atoms. The zero-order valence-electron chi connectivity index (χ0n) is 19.0. The Balaban J connectivity index is 1.47. The number of ether oxygens (including phenoxy) is 2. The van der Waals surface area contributed by atoms with Gasteiger partial charge < -0.3 is 45.2 Å². The SMILES string of the molecule is O=C(CC(O)CCc1ccc(O)c(O)c1)O[C@H]1Cc2c(O)cc(O)cc2O[C@@H]1c1ccc(O)c(O)c1. The summed E-state index contributed by atoms with van der Waals surface area (Å²) < 4.78 is 11.5. The van der Waals surface area contributed by atoms with Gasteiger partial charge in [0.15, 0.2) is 29.1 Å². The molecule has 1 aliphatic rings. The first kappa shape index (κ1) is 24.8. The highest BCUT2D eigenvalue weighted by molar-refractivity contribution is 5.70. The van der Waals surface area contributed by atoms with Crippen LogP contribution >= 0.6 is 0 Å². The number of fused-ring (bicyclic) bond motifs is 1. The number of aromatic hydroxyl groups is 6. The van der Waals surface area contributed by atoms with Gasteiger partial charge in [-0.05, 0) is 42.7 Å². The van der Waals surface area contributed by atoms with Gasteiger partial charge in [-0.1, -0.05) is 12.1 Å². The fourth-order valence-electron chi connectivity index (χ4n) is 4.12. The standard InChI is InChI=1S/C26H26O10/c27-15(4-1-13-2-5-18(29)21(32)7-13)11-25(34)35-24-12-17-20(31)9-16(28)10-23(17)36-26(24)14-3-6-19(30)22(33)8-14/h2-3,5-10,15,24,26-33H,1,4,11-12H2/t15?,24-,26+/m0/s1. The summed E-state index contributed by atoms with van der Waals surface area (Å²) in [5.74, 6) is -2.28. The van der Waals surface area contributed by atoms with Gasteiger partial charge in [0.1, 0.15) is 23.4 Å². The van der Waals surface area contributed by atoms with Crippen LogP contribution in [0.2, 0.25) is 0 Å². The summed E-state index contributed by atoms with van der Waals surface area (Å²) in [6, 6.07) is 10.8. The molecule has 3 atom stereocenters. The molecule has 4 rings (SSSR count). The maximum Gasteiger partial charge on any atom is 0.308 e. The lowest BCUT2D eigenvalue weighted by molar-refractivity contribution is -0.157. The minimum atomic E-state index is -1.05. The van der Waals surface area contributed by atoms with Gasteiger partial charge in [0.05, 0.1) is 12.5 Å². The van der Waals surface area contributed by atoms with Gasteiger partial charge in [0.2, 0.25) is 0 Å². The fraction of sp³-hybridized carbons (Fsp3) is 0.269. The van der Waals surface area contributed by atoms with E-state index in [2.05, 4.69) is 0 Å². The lowest BCUT2D eigenvalue weighted by Crippen LogP contribution is -2.35. The molecule has 36 heavy (non-hydrogen) atoms. The summed E-state index contributed by atoms with van der Waals surface area (Å²) in [7, 11) is 0. The molecule has 1 heterocycles. The summed E-state index contributed by atoms with van der Waals surface area (Å²) in [6.45, 7) is 0. The first-order valence-electron chi connectivity index (χ1n) is 11.2. The van der Waals surface area contributed by atoms with Crippen molar-refractivity contribution in [3.05, 3.63) is 65.2 Å².